The zero-order valence-corrected chi connectivity index (χ0v) is 17.4. The van der Waals surface area contributed by atoms with Crippen molar-refractivity contribution in [3.8, 4) is 0 Å². The fraction of sp³-hybridized carbons (Fsp3) is 0.667. The lowest BCUT2D eigenvalue weighted by molar-refractivity contribution is -0.348. The van der Waals surface area contributed by atoms with Crippen LogP contribution in [0.5, 0.6) is 0 Å². The normalized spacial score (nSPS) is 24.0. The van der Waals surface area contributed by atoms with Gasteiger partial charge >= 0.3 is 24.1 Å². The third kappa shape index (κ3) is 4.53. The van der Waals surface area contributed by atoms with Crippen LogP contribution in [0, 0.1) is 5.92 Å². The molecule has 11 heteroatoms. The first-order chi connectivity index (χ1) is 14.5. The lowest BCUT2D eigenvalue weighted by Crippen LogP contribution is -2.50. The van der Waals surface area contributed by atoms with Crippen molar-refractivity contribution in [2.75, 3.05) is 6.61 Å². The van der Waals surface area contributed by atoms with Gasteiger partial charge in [0.15, 0.2) is 0 Å². The number of carbonyl (C=O) groups is 1. The van der Waals surface area contributed by atoms with E-state index in [0.717, 1.165) is 6.07 Å². The van der Waals surface area contributed by atoms with Crippen LogP contribution in [0.1, 0.15) is 55.7 Å². The van der Waals surface area contributed by atoms with Crippen molar-refractivity contribution in [1.82, 2.24) is 5.32 Å². The number of halogens is 7. The maximum absolute atomic E-state index is 14.4. The predicted octanol–water partition coefficient (Wildman–Crippen LogP) is 5.28. The van der Waals surface area contributed by atoms with Crippen LogP contribution < -0.4 is 5.32 Å². The van der Waals surface area contributed by atoms with Crippen LogP contribution in [0.3, 0.4) is 0 Å². The number of alkyl halides is 7. The minimum absolute atomic E-state index is 0.0802. The van der Waals surface area contributed by atoms with E-state index in [0.29, 0.717) is 37.0 Å². The van der Waals surface area contributed by atoms with Crippen LogP contribution in [0.25, 0.3) is 0 Å². The fourth-order valence-corrected chi connectivity index (χ4v) is 4.68. The maximum atomic E-state index is 14.4. The third-order valence-corrected chi connectivity index (χ3v) is 6.15. The first kappa shape index (κ1) is 24.6. The van der Waals surface area contributed by atoms with Crippen LogP contribution in [0.15, 0.2) is 18.2 Å². The Morgan fingerprint density at radius 3 is 2.25 bits per heavy atom. The molecule has 32 heavy (non-hydrogen) atoms. The molecule has 4 nitrogen and oxygen atoms in total. The molecule has 0 aromatic heterocycles. The quantitative estimate of drug-likeness (QED) is 0.588. The smallest absolute Gasteiger partial charge is 0.435 e. The van der Waals surface area contributed by atoms with Gasteiger partial charge in [0.1, 0.15) is 6.61 Å². The topological polar surface area (TPSA) is 58.6 Å². The summed E-state index contributed by atoms with van der Waals surface area (Å²) >= 11 is 0. The number of benzene rings is 1. The van der Waals surface area contributed by atoms with Gasteiger partial charge < -0.3 is 15.2 Å². The van der Waals surface area contributed by atoms with Crippen molar-refractivity contribution in [3.63, 3.8) is 0 Å². The van der Waals surface area contributed by atoms with Gasteiger partial charge in [0.05, 0.1) is 5.60 Å². The Morgan fingerprint density at radius 2 is 1.69 bits per heavy atom. The van der Waals surface area contributed by atoms with E-state index in [4.69, 9.17) is 4.74 Å². The van der Waals surface area contributed by atoms with E-state index in [9.17, 15) is 40.6 Å². The molecule has 0 bridgehead atoms. The van der Waals surface area contributed by atoms with Gasteiger partial charge in [-0.25, -0.2) is 9.18 Å². The van der Waals surface area contributed by atoms with E-state index in [2.05, 4.69) is 5.32 Å². The van der Waals surface area contributed by atoms with E-state index in [1.807, 2.05) is 0 Å². The monoisotopic (exact) mass is 471 g/mol. The number of hydrogen-bond donors (Lipinski definition) is 2. The number of nitrogens with one attached hydrogen (secondary N) is 1. The number of rotatable bonds is 4. The van der Waals surface area contributed by atoms with Crippen LogP contribution in [-0.4, -0.2) is 41.8 Å². The highest BCUT2D eigenvalue weighted by molar-refractivity contribution is 5.67. The molecular weight excluding hydrogens is 447 g/mol. The number of hydrogen-bond acceptors (Lipinski definition) is 3. The summed E-state index contributed by atoms with van der Waals surface area (Å²) < 4.78 is 97.9. The van der Waals surface area contributed by atoms with Gasteiger partial charge in [-0.15, -0.1) is 0 Å². The molecule has 0 heterocycles. The van der Waals surface area contributed by atoms with E-state index >= 15 is 0 Å². The molecule has 1 amide bonds. The first-order valence-corrected chi connectivity index (χ1v) is 10.2. The highest BCUT2D eigenvalue weighted by Gasteiger charge is 2.73. The molecule has 2 N–H and O–H groups in total. The van der Waals surface area contributed by atoms with Crippen molar-refractivity contribution in [2.24, 2.45) is 5.92 Å². The van der Waals surface area contributed by atoms with E-state index in [1.165, 1.54) is 13.8 Å². The molecular formula is C21H24F7NO3. The summed E-state index contributed by atoms with van der Waals surface area (Å²) in [7, 11) is 0. The zero-order chi connectivity index (χ0) is 24.1. The average molecular weight is 471 g/mol. The van der Waals surface area contributed by atoms with Crippen LogP contribution in [-0.2, 0) is 16.8 Å². The highest BCUT2D eigenvalue weighted by atomic mass is 19.4. The molecule has 180 valence electrons. The van der Waals surface area contributed by atoms with Crippen molar-refractivity contribution in [2.45, 2.75) is 75.1 Å². The fourth-order valence-electron chi connectivity index (χ4n) is 4.68. The maximum Gasteiger partial charge on any atom is 0.435 e. The Labute approximate surface area is 180 Å². The Morgan fingerprint density at radius 1 is 1.06 bits per heavy atom. The minimum Gasteiger partial charge on any atom is -0.447 e. The number of carbonyl (C=O) groups excluding carboxylic acids is 1. The van der Waals surface area contributed by atoms with E-state index in [1.54, 1.807) is 0 Å². The van der Waals surface area contributed by atoms with E-state index in [-0.39, 0.29) is 36.5 Å². The number of ether oxygens (including phenoxy) is 1. The van der Waals surface area contributed by atoms with Gasteiger partial charge in [-0.1, -0.05) is 18.2 Å². The largest absolute Gasteiger partial charge is 0.447 e. The number of aryl methyl sites for hydroxylation is 1. The Hall–Kier alpha value is -2.04. The zero-order valence-electron chi connectivity index (χ0n) is 17.4. The second-order valence-corrected chi connectivity index (χ2v) is 9.09. The van der Waals surface area contributed by atoms with Crippen LogP contribution in [0.4, 0.5) is 35.5 Å². The molecule has 3 atom stereocenters. The summed E-state index contributed by atoms with van der Waals surface area (Å²) in [6.45, 7) is 2.73. The molecule has 0 spiro atoms. The number of aliphatic hydroxyl groups is 1. The lowest BCUT2D eigenvalue weighted by atomic mass is 9.74. The molecule has 0 unspecified atom stereocenters. The summed E-state index contributed by atoms with van der Waals surface area (Å²) in [5.41, 5.74) is -7.29. The predicted molar refractivity (Wildman–Crippen MR) is 99.7 cm³/mol. The van der Waals surface area contributed by atoms with Gasteiger partial charge in [-0.2, -0.15) is 26.3 Å². The number of amides is 1. The Balaban J connectivity index is 1.79. The van der Waals surface area contributed by atoms with Gasteiger partial charge in [-0.3, -0.25) is 0 Å². The average Bonchev–Trinajstić information content (AvgIpc) is 3.06. The van der Waals surface area contributed by atoms with Crippen LogP contribution in [0.2, 0.25) is 0 Å². The Bertz CT molecular complexity index is 846. The minimum atomic E-state index is -6.15. The molecule has 1 aromatic rings. The second-order valence-electron chi connectivity index (χ2n) is 9.09. The van der Waals surface area contributed by atoms with Gasteiger partial charge in [0, 0.05) is 11.6 Å². The second kappa shape index (κ2) is 8.07. The molecule has 2 aliphatic rings. The van der Waals surface area contributed by atoms with Crippen molar-refractivity contribution in [3.05, 3.63) is 34.9 Å². The van der Waals surface area contributed by atoms with Gasteiger partial charge in [0.2, 0.25) is 0 Å². The summed E-state index contributed by atoms with van der Waals surface area (Å²) in [4.78, 5) is 12.0. The van der Waals surface area contributed by atoms with Crippen molar-refractivity contribution in [1.29, 1.82) is 0 Å². The molecule has 1 aromatic carbocycles. The van der Waals surface area contributed by atoms with Crippen LogP contribution >= 0.6 is 0 Å². The first-order valence-electron chi connectivity index (χ1n) is 10.2. The number of fused-ring (bicyclic) bond motifs is 3. The number of alkyl carbamates (subject to hydrolysis) is 1. The molecule has 1 fully saturated rings. The molecule has 0 saturated heterocycles. The highest BCUT2D eigenvalue weighted by Crippen LogP contribution is 2.54. The summed E-state index contributed by atoms with van der Waals surface area (Å²) in [6.07, 6.45) is -11.3. The molecule has 1 saturated carbocycles. The molecule has 3 rings (SSSR count). The molecule has 0 aliphatic heterocycles. The lowest BCUT2D eigenvalue weighted by Gasteiger charge is -2.34. The van der Waals surface area contributed by atoms with Crippen molar-refractivity contribution >= 4 is 6.09 Å². The van der Waals surface area contributed by atoms with E-state index < -0.39 is 35.3 Å². The van der Waals surface area contributed by atoms with Gasteiger partial charge in [-0.05, 0) is 62.5 Å². The van der Waals surface area contributed by atoms with Crippen molar-refractivity contribution < 1.29 is 45.4 Å². The van der Waals surface area contributed by atoms with Gasteiger partial charge in [0.25, 0.3) is 0 Å². The summed E-state index contributed by atoms with van der Waals surface area (Å²) in [6, 6.07) is 2.08. The SMILES string of the molecule is CC(C)(O)COC(=O)N[C@@H]1CC[C@H]2c3ccc(C(F)(C(F)(F)F)C(F)(F)F)cc3CC[C@@H]12. The third-order valence-electron chi connectivity index (χ3n) is 6.15. The summed E-state index contributed by atoms with van der Waals surface area (Å²) in [5, 5.41) is 12.4. The Kier molecular flexibility index (Phi) is 6.21. The summed E-state index contributed by atoms with van der Waals surface area (Å²) in [5.74, 6) is -0.262. The molecule has 2 aliphatic carbocycles. The standard InChI is InChI=1S/C21H24F7NO3/c1-18(2,31)10-32-17(30)29-16-8-7-14-13-6-4-12(9-11(13)3-5-15(14)16)19(22,20(23,24)25)21(26,27)28/h4,6,9,14-16,31H,3,5,7-8,10H2,1-2H3,(H,29,30)/t14-,15+,16+/m0/s1. The molecule has 0 radical (unpaired) electrons.